The summed E-state index contributed by atoms with van der Waals surface area (Å²) in [4.78, 5) is 35.5. The van der Waals surface area contributed by atoms with Crippen molar-refractivity contribution in [2.75, 3.05) is 0 Å². The largest absolute Gasteiger partial charge is 0.421 e. The van der Waals surface area contributed by atoms with E-state index in [4.69, 9.17) is 4.74 Å². The van der Waals surface area contributed by atoms with Gasteiger partial charge in [-0.1, -0.05) is 42.5 Å². The Kier molecular flexibility index (Phi) is 3.66. The molecule has 2 aromatic rings. The highest BCUT2D eigenvalue weighted by Gasteiger charge is 2.30. The SMILES string of the molecule is CC(=O)/C(=C1/OC(=O)c2ccccc21)c1ccc(C(C)=O)cc1. The van der Waals surface area contributed by atoms with E-state index in [1.807, 2.05) is 0 Å². The summed E-state index contributed by atoms with van der Waals surface area (Å²) in [5.41, 5.74) is 2.56. The number of esters is 1. The Morgan fingerprint density at radius 3 is 1.96 bits per heavy atom. The molecule has 114 valence electrons. The normalized spacial score (nSPS) is 15.0. The fourth-order valence-corrected chi connectivity index (χ4v) is 2.61. The van der Waals surface area contributed by atoms with E-state index < -0.39 is 5.97 Å². The Balaban J connectivity index is 2.19. The summed E-state index contributed by atoms with van der Waals surface area (Å²) in [6.45, 7) is 2.91. The maximum atomic E-state index is 12.2. The Morgan fingerprint density at radius 1 is 0.826 bits per heavy atom. The molecule has 0 aliphatic carbocycles. The van der Waals surface area contributed by atoms with E-state index in [1.54, 1.807) is 48.5 Å². The Hall–Kier alpha value is -3.01. The summed E-state index contributed by atoms with van der Waals surface area (Å²) in [5, 5.41) is 0. The van der Waals surface area contributed by atoms with Crippen molar-refractivity contribution >= 4 is 28.9 Å². The molecule has 4 nitrogen and oxygen atoms in total. The standard InChI is InChI=1S/C19H14O4/c1-11(20)13-7-9-14(10-8-13)17(12(2)21)18-15-5-3-4-6-16(15)19(22)23-18/h3-10H,1-2H3/b18-17-. The number of ether oxygens (including phenoxy) is 1. The molecule has 0 N–H and O–H groups in total. The average Bonchev–Trinajstić information content (AvgIpc) is 2.85. The van der Waals surface area contributed by atoms with E-state index in [0.717, 1.165) is 0 Å². The van der Waals surface area contributed by atoms with Crippen LogP contribution in [0.1, 0.15) is 45.7 Å². The zero-order valence-electron chi connectivity index (χ0n) is 12.8. The number of hydrogen-bond donors (Lipinski definition) is 0. The fourth-order valence-electron chi connectivity index (χ4n) is 2.61. The van der Waals surface area contributed by atoms with Gasteiger partial charge in [-0.3, -0.25) is 9.59 Å². The maximum absolute atomic E-state index is 12.2. The van der Waals surface area contributed by atoms with Gasteiger partial charge in [0.25, 0.3) is 0 Å². The fraction of sp³-hybridized carbons (Fsp3) is 0.105. The first-order valence-corrected chi connectivity index (χ1v) is 7.17. The molecule has 0 spiro atoms. The van der Waals surface area contributed by atoms with Crippen LogP contribution in [0.4, 0.5) is 0 Å². The van der Waals surface area contributed by atoms with Gasteiger partial charge in [0.1, 0.15) is 0 Å². The summed E-state index contributed by atoms with van der Waals surface area (Å²) in [6, 6.07) is 13.7. The number of Topliss-reactive ketones (excluding diaryl/α,β-unsaturated/α-hetero) is 2. The van der Waals surface area contributed by atoms with Crippen molar-refractivity contribution in [2.45, 2.75) is 13.8 Å². The number of carbonyl (C=O) groups excluding carboxylic acids is 3. The molecule has 0 amide bonds. The van der Waals surface area contributed by atoms with Crippen molar-refractivity contribution in [1.29, 1.82) is 0 Å². The molecule has 0 unspecified atom stereocenters. The molecule has 0 aromatic heterocycles. The predicted molar refractivity (Wildman–Crippen MR) is 85.8 cm³/mol. The molecule has 3 rings (SSSR count). The maximum Gasteiger partial charge on any atom is 0.344 e. The van der Waals surface area contributed by atoms with Crippen LogP contribution in [-0.4, -0.2) is 17.5 Å². The molecular formula is C19H14O4. The summed E-state index contributed by atoms with van der Waals surface area (Å²) in [6.07, 6.45) is 0. The van der Waals surface area contributed by atoms with Crippen LogP contribution < -0.4 is 0 Å². The third-order valence-corrected chi connectivity index (χ3v) is 3.75. The van der Waals surface area contributed by atoms with E-state index >= 15 is 0 Å². The Morgan fingerprint density at radius 2 is 1.39 bits per heavy atom. The van der Waals surface area contributed by atoms with Gasteiger partial charge in [-0.2, -0.15) is 0 Å². The number of ketones is 2. The molecule has 1 aliphatic heterocycles. The highest BCUT2D eigenvalue weighted by molar-refractivity contribution is 6.28. The molecule has 0 bridgehead atoms. The summed E-state index contributed by atoms with van der Waals surface area (Å²) < 4.78 is 5.34. The second-order valence-corrected chi connectivity index (χ2v) is 5.33. The van der Waals surface area contributed by atoms with Gasteiger partial charge in [0, 0.05) is 11.1 Å². The second kappa shape index (κ2) is 5.65. The lowest BCUT2D eigenvalue weighted by molar-refractivity contribution is -0.111. The van der Waals surface area contributed by atoms with Crippen LogP contribution in [0.3, 0.4) is 0 Å². The first kappa shape index (κ1) is 14.9. The number of rotatable bonds is 3. The minimum Gasteiger partial charge on any atom is -0.421 e. The zero-order chi connectivity index (χ0) is 16.6. The quantitative estimate of drug-likeness (QED) is 0.494. The summed E-state index contributed by atoms with van der Waals surface area (Å²) in [5.74, 6) is -0.449. The first-order chi connectivity index (χ1) is 11.0. The number of carbonyl (C=O) groups is 3. The topological polar surface area (TPSA) is 60.4 Å². The van der Waals surface area contributed by atoms with Crippen molar-refractivity contribution in [3.05, 3.63) is 70.8 Å². The highest BCUT2D eigenvalue weighted by Crippen LogP contribution is 2.36. The molecular weight excluding hydrogens is 292 g/mol. The summed E-state index contributed by atoms with van der Waals surface area (Å²) in [7, 11) is 0. The van der Waals surface area contributed by atoms with E-state index in [0.29, 0.717) is 27.8 Å². The van der Waals surface area contributed by atoms with Crippen molar-refractivity contribution in [3.63, 3.8) is 0 Å². The molecule has 0 saturated carbocycles. The molecule has 0 radical (unpaired) electrons. The van der Waals surface area contributed by atoms with Gasteiger partial charge in [-0.25, -0.2) is 4.79 Å². The van der Waals surface area contributed by atoms with Gasteiger partial charge in [-0.15, -0.1) is 0 Å². The van der Waals surface area contributed by atoms with Crippen molar-refractivity contribution in [2.24, 2.45) is 0 Å². The van der Waals surface area contributed by atoms with Crippen LogP contribution in [0.2, 0.25) is 0 Å². The molecule has 0 saturated heterocycles. The smallest absolute Gasteiger partial charge is 0.344 e. The molecule has 2 aromatic carbocycles. The Labute approximate surface area is 133 Å². The van der Waals surface area contributed by atoms with Gasteiger partial charge in [-0.05, 0) is 25.5 Å². The molecule has 23 heavy (non-hydrogen) atoms. The monoisotopic (exact) mass is 306 g/mol. The predicted octanol–water partition coefficient (Wildman–Crippen LogP) is 3.52. The lowest BCUT2D eigenvalue weighted by atomic mass is 9.96. The van der Waals surface area contributed by atoms with Crippen LogP contribution in [0, 0.1) is 0 Å². The number of fused-ring (bicyclic) bond motifs is 1. The van der Waals surface area contributed by atoms with E-state index in [1.165, 1.54) is 13.8 Å². The average molecular weight is 306 g/mol. The van der Waals surface area contributed by atoms with E-state index in [9.17, 15) is 14.4 Å². The summed E-state index contributed by atoms with van der Waals surface area (Å²) >= 11 is 0. The second-order valence-electron chi connectivity index (χ2n) is 5.33. The minimum atomic E-state index is -0.463. The lowest BCUT2D eigenvalue weighted by Gasteiger charge is -2.09. The lowest BCUT2D eigenvalue weighted by Crippen LogP contribution is -2.02. The zero-order valence-corrected chi connectivity index (χ0v) is 12.8. The number of cyclic esters (lactones) is 1. The third-order valence-electron chi connectivity index (χ3n) is 3.75. The molecule has 0 fully saturated rings. The van der Waals surface area contributed by atoms with Crippen LogP contribution in [0.25, 0.3) is 11.3 Å². The molecule has 1 heterocycles. The number of benzene rings is 2. The number of allylic oxidation sites excluding steroid dienone is 1. The van der Waals surface area contributed by atoms with Gasteiger partial charge in [0.05, 0.1) is 11.1 Å². The van der Waals surface area contributed by atoms with Crippen molar-refractivity contribution in [3.8, 4) is 0 Å². The molecule has 0 atom stereocenters. The van der Waals surface area contributed by atoms with Gasteiger partial charge in [0.15, 0.2) is 17.3 Å². The van der Waals surface area contributed by atoms with Crippen molar-refractivity contribution in [1.82, 2.24) is 0 Å². The third kappa shape index (κ3) is 2.59. The van der Waals surface area contributed by atoms with E-state index in [-0.39, 0.29) is 17.3 Å². The van der Waals surface area contributed by atoms with Crippen molar-refractivity contribution < 1.29 is 19.1 Å². The van der Waals surface area contributed by atoms with Gasteiger partial charge < -0.3 is 4.74 Å². The molecule has 1 aliphatic rings. The van der Waals surface area contributed by atoms with Crippen LogP contribution in [-0.2, 0) is 9.53 Å². The van der Waals surface area contributed by atoms with Crippen LogP contribution in [0.15, 0.2) is 48.5 Å². The first-order valence-electron chi connectivity index (χ1n) is 7.17. The van der Waals surface area contributed by atoms with E-state index in [2.05, 4.69) is 0 Å². The minimum absolute atomic E-state index is 0.0498. The van der Waals surface area contributed by atoms with Crippen LogP contribution >= 0.6 is 0 Å². The van der Waals surface area contributed by atoms with Gasteiger partial charge in [0.2, 0.25) is 0 Å². The highest BCUT2D eigenvalue weighted by atomic mass is 16.5. The number of hydrogen-bond acceptors (Lipinski definition) is 4. The molecule has 4 heteroatoms. The van der Waals surface area contributed by atoms with Crippen LogP contribution in [0.5, 0.6) is 0 Å². The Bertz CT molecular complexity index is 857. The van der Waals surface area contributed by atoms with Gasteiger partial charge >= 0.3 is 5.97 Å².